The molecule has 0 fully saturated rings. The number of hydrogen-bond acceptors (Lipinski definition) is 4. The number of rotatable bonds is 5. The molecule has 0 aliphatic rings. The number of thiol groups is 1. The Balaban J connectivity index is 4.15. The second-order valence-electron chi connectivity index (χ2n) is 3.69. The zero-order chi connectivity index (χ0) is 11.4. The summed E-state index contributed by atoms with van der Waals surface area (Å²) in [5.74, 6) is -0.133. The van der Waals surface area contributed by atoms with Crippen molar-refractivity contribution in [3.05, 3.63) is 0 Å². The highest BCUT2D eigenvalue weighted by atomic mass is 32.2. The van der Waals surface area contributed by atoms with Crippen molar-refractivity contribution in [3.63, 3.8) is 0 Å². The number of carbonyl (C=O) groups excluding carboxylic acids is 1. The van der Waals surface area contributed by atoms with E-state index in [2.05, 4.69) is 22.7 Å². The predicted octanol–water partition coefficient (Wildman–Crippen LogP) is -0.640. The molecule has 84 valence electrons. The molecule has 5 nitrogen and oxygen atoms in total. The van der Waals surface area contributed by atoms with Crippen LogP contribution in [-0.2, 0) is 14.8 Å². The van der Waals surface area contributed by atoms with E-state index < -0.39 is 15.6 Å². The van der Waals surface area contributed by atoms with Crippen molar-refractivity contribution in [1.82, 2.24) is 10.0 Å². The number of nitrogens with one attached hydrogen (secondary N) is 2. The molecule has 14 heavy (non-hydrogen) atoms. The molecule has 0 aromatic heterocycles. The molecule has 0 radical (unpaired) electrons. The number of carbonyl (C=O) groups is 1. The Hall–Kier alpha value is -0.270. The molecular formula is C7H16N2O3S2. The number of amides is 1. The first kappa shape index (κ1) is 13.7. The molecule has 0 bridgehead atoms. The summed E-state index contributed by atoms with van der Waals surface area (Å²) in [5.41, 5.74) is -0.688. The van der Waals surface area contributed by atoms with Crippen molar-refractivity contribution in [3.8, 4) is 0 Å². The van der Waals surface area contributed by atoms with E-state index in [1.165, 1.54) is 0 Å². The highest BCUT2D eigenvalue weighted by Crippen LogP contribution is 2.01. The van der Waals surface area contributed by atoms with Gasteiger partial charge in [0.25, 0.3) is 0 Å². The van der Waals surface area contributed by atoms with Crippen LogP contribution in [0.5, 0.6) is 0 Å². The van der Waals surface area contributed by atoms with Crippen molar-refractivity contribution in [2.75, 3.05) is 18.6 Å². The zero-order valence-corrected chi connectivity index (χ0v) is 10.2. The standard InChI is InChI=1S/C7H16N2O3S2/c1-7(2,9-14(3,11)12)5-8-6(10)4-13/h9,13H,4-5H2,1-3H3,(H,8,10). The molecule has 0 saturated carbocycles. The highest BCUT2D eigenvalue weighted by molar-refractivity contribution is 7.88. The molecule has 0 rings (SSSR count). The van der Waals surface area contributed by atoms with E-state index in [0.29, 0.717) is 0 Å². The first-order valence-corrected chi connectivity index (χ1v) is 6.55. The summed E-state index contributed by atoms with van der Waals surface area (Å²) in [6.45, 7) is 3.61. The average Bonchev–Trinajstić information content (AvgIpc) is 1.96. The second kappa shape index (κ2) is 4.99. The van der Waals surface area contributed by atoms with Crippen LogP contribution in [0.15, 0.2) is 0 Å². The normalized spacial score (nSPS) is 12.6. The summed E-state index contributed by atoms with van der Waals surface area (Å²) in [6.07, 6.45) is 1.08. The van der Waals surface area contributed by atoms with E-state index >= 15 is 0 Å². The molecule has 1 amide bonds. The van der Waals surface area contributed by atoms with Crippen LogP contribution in [0.2, 0.25) is 0 Å². The van der Waals surface area contributed by atoms with Gasteiger partial charge in [0.1, 0.15) is 0 Å². The van der Waals surface area contributed by atoms with E-state index in [4.69, 9.17) is 0 Å². The Kier molecular flexibility index (Phi) is 4.90. The van der Waals surface area contributed by atoms with E-state index in [1.807, 2.05) is 0 Å². The topological polar surface area (TPSA) is 75.3 Å². The highest BCUT2D eigenvalue weighted by Gasteiger charge is 2.22. The number of hydrogen-bond donors (Lipinski definition) is 3. The first-order valence-electron chi connectivity index (χ1n) is 4.03. The molecule has 7 heteroatoms. The van der Waals surface area contributed by atoms with Crippen LogP contribution < -0.4 is 10.0 Å². The Labute approximate surface area is 90.1 Å². The monoisotopic (exact) mass is 240 g/mol. The van der Waals surface area contributed by atoms with E-state index in [9.17, 15) is 13.2 Å². The van der Waals surface area contributed by atoms with Gasteiger partial charge in [0.15, 0.2) is 0 Å². The molecular weight excluding hydrogens is 224 g/mol. The summed E-state index contributed by atoms with van der Waals surface area (Å²) < 4.78 is 24.3. The van der Waals surface area contributed by atoms with Gasteiger partial charge in [-0.05, 0) is 13.8 Å². The third kappa shape index (κ3) is 7.16. The molecule has 0 atom stereocenters. The number of sulfonamides is 1. The van der Waals surface area contributed by atoms with Crippen molar-refractivity contribution >= 4 is 28.6 Å². The lowest BCUT2D eigenvalue weighted by Crippen LogP contribution is -2.51. The lowest BCUT2D eigenvalue weighted by Gasteiger charge is -2.25. The average molecular weight is 240 g/mol. The molecule has 0 aromatic rings. The lowest BCUT2D eigenvalue weighted by atomic mass is 10.1. The Morgan fingerprint density at radius 3 is 2.29 bits per heavy atom. The van der Waals surface area contributed by atoms with E-state index in [-0.39, 0.29) is 18.2 Å². The van der Waals surface area contributed by atoms with Gasteiger partial charge in [-0.3, -0.25) is 4.79 Å². The summed E-state index contributed by atoms with van der Waals surface area (Å²) in [6, 6.07) is 0. The second-order valence-corrected chi connectivity index (χ2v) is 5.76. The summed E-state index contributed by atoms with van der Waals surface area (Å²) >= 11 is 3.78. The van der Waals surface area contributed by atoms with Crippen LogP contribution in [0.25, 0.3) is 0 Å². The van der Waals surface area contributed by atoms with Gasteiger partial charge in [-0.2, -0.15) is 12.6 Å². The van der Waals surface area contributed by atoms with Crippen LogP contribution >= 0.6 is 12.6 Å². The quantitative estimate of drug-likeness (QED) is 0.560. The Bertz CT molecular complexity index is 298. The van der Waals surface area contributed by atoms with Gasteiger partial charge in [-0.25, -0.2) is 13.1 Å². The maximum absolute atomic E-state index is 10.9. The van der Waals surface area contributed by atoms with Gasteiger partial charge < -0.3 is 5.32 Å². The fourth-order valence-corrected chi connectivity index (χ4v) is 2.10. The van der Waals surface area contributed by atoms with Crippen LogP contribution in [0, 0.1) is 0 Å². The largest absolute Gasteiger partial charge is 0.354 e. The molecule has 0 aromatic carbocycles. The molecule has 0 aliphatic heterocycles. The van der Waals surface area contributed by atoms with Crippen LogP contribution in [0.1, 0.15) is 13.8 Å². The van der Waals surface area contributed by atoms with Gasteiger partial charge in [-0.1, -0.05) is 0 Å². The summed E-state index contributed by atoms with van der Waals surface area (Å²) in [4.78, 5) is 10.9. The van der Waals surface area contributed by atoms with Crippen molar-refractivity contribution in [2.24, 2.45) is 0 Å². The Morgan fingerprint density at radius 2 is 1.93 bits per heavy atom. The van der Waals surface area contributed by atoms with Crippen LogP contribution in [-0.4, -0.2) is 38.4 Å². The van der Waals surface area contributed by atoms with Crippen molar-refractivity contribution in [1.29, 1.82) is 0 Å². The van der Waals surface area contributed by atoms with Crippen molar-refractivity contribution in [2.45, 2.75) is 19.4 Å². The molecule has 0 aliphatic carbocycles. The minimum Gasteiger partial charge on any atom is -0.354 e. The molecule has 0 saturated heterocycles. The van der Waals surface area contributed by atoms with E-state index in [1.54, 1.807) is 13.8 Å². The minimum absolute atomic E-state index is 0.0922. The maximum atomic E-state index is 10.9. The minimum atomic E-state index is -3.26. The summed E-state index contributed by atoms with van der Waals surface area (Å²) in [7, 11) is -3.26. The van der Waals surface area contributed by atoms with Crippen molar-refractivity contribution < 1.29 is 13.2 Å². The Morgan fingerprint density at radius 1 is 1.43 bits per heavy atom. The summed E-state index contributed by atoms with van der Waals surface area (Å²) in [5, 5.41) is 2.55. The predicted molar refractivity (Wildman–Crippen MR) is 58.9 cm³/mol. The third-order valence-electron chi connectivity index (χ3n) is 1.33. The van der Waals surface area contributed by atoms with Gasteiger partial charge in [-0.15, -0.1) is 0 Å². The molecule has 0 heterocycles. The molecule has 2 N–H and O–H groups in total. The first-order chi connectivity index (χ1) is 6.16. The fourth-order valence-electron chi connectivity index (χ4n) is 0.913. The zero-order valence-electron chi connectivity index (χ0n) is 8.49. The SMILES string of the molecule is CC(C)(CNC(=O)CS)NS(C)(=O)=O. The third-order valence-corrected chi connectivity index (χ3v) is 2.54. The lowest BCUT2D eigenvalue weighted by molar-refractivity contribution is -0.118. The van der Waals surface area contributed by atoms with Gasteiger partial charge >= 0.3 is 0 Å². The maximum Gasteiger partial charge on any atom is 0.229 e. The van der Waals surface area contributed by atoms with Gasteiger partial charge in [0.2, 0.25) is 15.9 Å². The molecule has 0 spiro atoms. The van der Waals surface area contributed by atoms with Gasteiger partial charge in [0, 0.05) is 12.1 Å². The molecule has 0 unspecified atom stereocenters. The van der Waals surface area contributed by atoms with E-state index in [0.717, 1.165) is 6.26 Å². The van der Waals surface area contributed by atoms with Gasteiger partial charge in [0.05, 0.1) is 12.0 Å². The smallest absolute Gasteiger partial charge is 0.229 e. The van der Waals surface area contributed by atoms with Crippen LogP contribution in [0.4, 0.5) is 0 Å². The fraction of sp³-hybridized carbons (Fsp3) is 0.857. The van der Waals surface area contributed by atoms with Crippen LogP contribution in [0.3, 0.4) is 0 Å².